The summed E-state index contributed by atoms with van der Waals surface area (Å²) in [6.45, 7) is 2.29. The topological polar surface area (TPSA) is 99.6 Å². The van der Waals surface area contributed by atoms with Crippen LogP contribution in [0.2, 0.25) is 0 Å². The Morgan fingerprint density at radius 3 is 2.47 bits per heavy atom. The number of ether oxygens (including phenoxy) is 2. The monoisotopic (exact) mass is 267 g/mol. The summed E-state index contributed by atoms with van der Waals surface area (Å²) in [5.41, 5.74) is 11.7. The van der Waals surface area contributed by atoms with Crippen molar-refractivity contribution in [1.29, 1.82) is 0 Å². The quantitative estimate of drug-likeness (QED) is 0.654. The third kappa shape index (κ3) is 4.11. The van der Waals surface area contributed by atoms with Crippen LogP contribution in [0, 0.1) is 0 Å². The van der Waals surface area contributed by atoms with Crippen molar-refractivity contribution in [2.24, 2.45) is 11.5 Å². The van der Waals surface area contributed by atoms with Crippen molar-refractivity contribution >= 4 is 5.91 Å². The van der Waals surface area contributed by atoms with E-state index in [4.69, 9.17) is 20.9 Å². The average molecular weight is 267 g/mol. The Morgan fingerprint density at radius 2 is 1.95 bits per heavy atom. The van der Waals surface area contributed by atoms with Crippen LogP contribution in [-0.2, 0) is 4.79 Å². The SMILES string of the molecule is COc1ccc(C(C)NCC(N)C(N)=O)cc1OC. The summed E-state index contributed by atoms with van der Waals surface area (Å²) in [6, 6.07) is 4.97. The first-order valence-electron chi connectivity index (χ1n) is 5.99. The minimum absolute atomic E-state index is 0.0187. The third-order valence-corrected chi connectivity index (χ3v) is 2.92. The van der Waals surface area contributed by atoms with Gasteiger partial charge < -0.3 is 26.3 Å². The fourth-order valence-corrected chi connectivity index (χ4v) is 1.64. The first-order valence-corrected chi connectivity index (χ1v) is 5.99. The van der Waals surface area contributed by atoms with Crippen LogP contribution >= 0.6 is 0 Å². The van der Waals surface area contributed by atoms with Crippen molar-refractivity contribution in [3.8, 4) is 11.5 Å². The van der Waals surface area contributed by atoms with Gasteiger partial charge in [-0.05, 0) is 24.6 Å². The Labute approximate surface area is 113 Å². The molecule has 0 saturated carbocycles. The van der Waals surface area contributed by atoms with Crippen LogP contribution in [0.5, 0.6) is 11.5 Å². The Kier molecular flexibility index (Phi) is 5.59. The summed E-state index contributed by atoms with van der Waals surface area (Å²) in [6.07, 6.45) is 0. The zero-order valence-corrected chi connectivity index (χ0v) is 11.5. The maximum atomic E-state index is 10.9. The lowest BCUT2D eigenvalue weighted by Crippen LogP contribution is -2.44. The maximum absolute atomic E-state index is 10.9. The van der Waals surface area contributed by atoms with Crippen LogP contribution in [0.25, 0.3) is 0 Å². The molecule has 0 aliphatic heterocycles. The number of hydrogen-bond acceptors (Lipinski definition) is 5. The molecular weight excluding hydrogens is 246 g/mol. The van der Waals surface area contributed by atoms with E-state index < -0.39 is 11.9 Å². The minimum atomic E-state index is -0.692. The molecular formula is C13H21N3O3. The Morgan fingerprint density at radius 1 is 1.32 bits per heavy atom. The van der Waals surface area contributed by atoms with Crippen molar-refractivity contribution in [2.45, 2.75) is 19.0 Å². The second-order valence-electron chi connectivity index (χ2n) is 4.25. The van der Waals surface area contributed by atoms with Crippen molar-refractivity contribution in [2.75, 3.05) is 20.8 Å². The van der Waals surface area contributed by atoms with Crippen molar-refractivity contribution < 1.29 is 14.3 Å². The summed E-state index contributed by atoms with van der Waals surface area (Å²) in [5, 5.41) is 3.15. The molecule has 2 unspecified atom stereocenters. The first-order chi connectivity index (χ1) is 8.99. The first kappa shape index (κ1) is 15.3. The van der Waals surface area contributed by atoms with Gasteiger partial charge in [0, 0.05) is 12.6 Å². The molecule has 1 rings (SSSR count). The van der Waals surface area contributed by atoms with E-state index in [9.17, 15) is 4.79 Å². The van der Waals surface area contributed by atoms with Crippen LogP contribution < -0.4 is 26.3 Å². The van der Waals surface area contributed by atoms with Gasteiger partial charge in [-0.2, -0.15) is 0 Å². The average Bonchev–Trinajstić information content (AvgIpc) is 2.43. The molecule has 5 N–H and O–H groups in total. The largest absolute Gasteiger partial charge is 0.493 e. The van der Waals surface area contributed by atoms with E-state index in [0.29, 0.717) is 18.0 Å². The highest BCUT2D eigenvalue weighted by molar-refractivity contribution is 5.79. The van der Waals surface area contributed by atoms with Crippen molar-refractivity contribution in [3.05, 3.63) is 23.8 Å². The highest BCUT2D eigenvalue weighted by Crippen LogP contribution is 2.29. The molecule has 106 valence electrons. The van der Waals surface area contributed by atoms with Gasteiger partial charge in [-0.15, -0.1) is 0 Å². The van der Waals surface area contributed by atoms with Gasteiger partial charge in [0.15, 0.2) is 11.5 Å². The van der Waals surface area contributed by atoms with Gasteiger partial charge in [0.05, 0.1) is 20.3 Å². The zero-order chi connectivity index (χ0) is 14.4. The maximum Gasteiger partial charge on any atom is 0.235 e. The molecule has 0 bridgehead atoms. The molecule has 1 aromatic rings. The highest BCUT2D eigenvalue weighted by Gasteiger charge is 2.13. The molecule has 19 heavy (non-hydrogen) atoms. The predicted octanol–water partition coefficient (Wildman–Crippen LogP) is 0.167. The van der Waals surface area contributed by atoms with E-state index >= 15 is 0 Å². The molecule has 1 aromatic carbocycles. The van der Waals surface area contributed by atoms with Gasteiger partial charge in [-0.1, -0.05) is 6.07 Å². The van der Waals surface area contributed by atoms with Crippen LogP contribution in [0.3, 0.4) is 0 Å². The number of methoxy groups -OCH3 is 2. The smallest absolute Gasteiger partial charge is 0.235 e. The number of carbonyl (C=O) groups excluding carboxylic acids is 1. The highest BCUT2D eigenvalue weighted by atomic mass is 16.5. The number of hydrogen-bond donors (Lipinski definition) is 3. The zero-order valence-electron chi connectivity index (χ0n) is 11.5. The van der Waals surface area contributed by atoms with Gasteiger partial charge >= 0.3 is 0 Å². The fourth-order valence-electron chi connectivity index (χ4n) is 1.64. The van der Waals surface area contributed by atoms with Crippen molar-refractivity contribution in [1.82, 2.24) is 5.32 Å². The Hall–Kier alpha value is -1.79. The number of benzene rings is 1. The number of carbonyl (C=O) groups is 1. The molecule has 0 aromatic heterocycles. The normalized spacial score (nSPS) is 13.7. The number of nitrogens with two attached hydrogens (primary N) is 2. The van der Waals surface area contributed by atoms with E-state index in [1.807, 2.05) is 25.1 Å². The standard InChI is InChI=1S/C13H21N3O3/c1-8(16-7-10(14)13(15)17)9-4-5-11(18-2)12(6-9)19-3/h4-6,8,10,16H,7,14H2,1-3H3,(H2,15,17). The number of amides is 1. The van der Waals surface area contributed by atoms with Gasteiger partial charge in [-0.3, -0.25) is 4.79 Å². The molecule has 6 heteroatoms. The molecule has 0 radical (unpaired) electrons. The van der Waals surface area contributed by atoms with E-state index in [0.717, 1.165) is 5.56 Å². The van der Waals surface area contributed by atoms with Gasteiger partial charge in [0.1, 0.15) is 0 Å². The lowest BCUT2D eigenvalue weighted by atomic mass is 10.1. The molecule has 2 atom stereocenters. The lowest BCUT2D eigenvalue weighted by molar-refractivity contribution is -0.119. The predicted molar refractivity (Wildman–Crippen MR) is 73.1 cm³/mol. The molecule has 0 saturated heterocycles. The summed E-state index contributed by atoms with van der Waals surface area (Å²) in [7, 11) is 3.17. The molecule has 0 spiro atoms. The minimum Gasteiger partial charge on any atom is -0.493 e. The van der Waals surface area contributed by atoms with Gasteiger partial charge in [0.25, 0.3) is 0 Å². The lowest BCUT2D eigenvalue weighted by Gasteiger charge is -2.18. The molecule has 0 aliphatic rings. The fraction of sp³-hybridized carbons (Fsp3) is 0.462. The summed E-state index contributed by atoms with van der Waals surface area (Å²) < 4.78 is 10.4. The molecule has 6 nitrogen and oxygen atoms in total. The van der Waals surface area contributed by atoms with Gasteiger partial charge in [0.2, 0.25) is 5.91 Å². The molecule has 0 aliphatic carbocycles. The Bertz CT molecular complexity index is 437. The van der Waals surface area contributed by atoms with Gasteiger partial charge in [-0.25, -0.2) is 0 Å². The van der Waals surface area contributed by atoms with E-state index in [2.05, 4.69) is 5.32 Å². The third-order valence-electron chi connectivity index (χ3n) is 2.92. The van der Waals surface area contributed by atoms with Crippen LogP contribution in [0.15, 0.2) is 18.2 Å². The molecule has 1 amide bonds. The van der Waals surface area contributed by atoms with Crippen LogP contribution in [0.1, 0.15) is 18.5 Å². The van der Waals surface area contributed by atoms with E-state index in [1.54, 1.807) is 14.2 Å². The Balaban J connectivity index is 2.71. The summed E-state index contributed by atoms with van der Waals surface area (Å²) >= 11 is 0. The van der Waals surface area contributed by atoms with E-state index in [-0.39, 0.29) is 6.04 Å². The second kappa shape index (κ2) is 6.96. The summed E-state index contributed by atoms with van der Waals surface area (Å²) in [4.78, 5) is 10.9. The van der Waals surface area contributed by atoms with Crippen molar-refractivity contribution in [3.63, 3.8) is 0 Å². The van der Waals surface area contributed by atoms with Crippen LogP contribution in [0.4, 0.5) is 0 Å². The number of primary amides is 1. The molecule has 0 fully saturated rings. The summed E-state index contributed by atoms with van der Waals surface area (Å²) in [5.74, 6) is 0.812. The second-order valence-corrected chi connectivity index (χ2v) is 4.25. The van der Waals surface area contributed by atoms with E-state index in [1.165, 1.54) is 0 Å². The number of rotatable bonds is 7. The van der Waals surface area contributed by atoms with Crippen LogP contribution in [-0.4, -0.2) is 32.7 Å². The number of nitrogens with one attached hydrogen (secondary N) is 1. The molecule has 0 heterocycles.